The van der Waals surface area contributed by atoms with Crippen LogP contribution in [0.15, 0.2) is 24.3 Å². The standard InChI is InChI=1S/C18H27N3O2/c1-12(2)11-20-18(23)14-7-3-4-9-16(14)21-17(22)10-13-6-5-8-15(13)19/h3-4,7,9,12-13,15H,5-6,8,10-11,19H2,1-2H3,(H,20,23)(H,21,22)/t13-,15+/m0/s1. The van der Waals surface area contributed by atoms with Crippen molar-refractivity contribution in [2.45, 2.75) is 45.6 Å². The summed E-state index contributed by atoms with van der Waals surface area (Å²) in [4.78, 5) is 24.5. The number of amides is 2. The summed E-state index contributed by atoms with van der Waals surface area (Å²) in [6, 6.07) is 7.22. The largest absolute Gasteiger partial charge is 0.352 e. The molecule has 0 aromatic heterocycles. The molecule has 0 unspecified atom stereocenters. The maximum Gasteiger partial charge on any atom is 0.253 e. The molecule has 0 aliphatic heterocycles. The molecule has 0 bridgehead atoms. The normalized spacial score (nSPS) is 20.5. The van der Waals surface area contributed by atoms with Crippen molar-refractivity contribution >= 4 is 17.5 Å². The molecule has 23 heavy (non-hydrogen) atoms. The van der Waals surface area contributed by atoms with Gasteiger partial charge in [0, 0.05) is 19.0 Å². The molecule has 1 saturated carbocycles. The summed E-state index contributed by atoms with van der Waals surface area (Å²) in [6.45, 7) is 4.69. The van der Waals surface area contributed by atoms with Gasteiger partial charge in [0.25, 0.3) is 5.91 Å². The van der Waals surface area contributed by atoms with E-state index < -0.39 is 0 Å². The molecule has 2 amide bonds. The van der Waals surface area contributed by atoms with Crippen LogP contribution in [0.2, 0.25) is 0 Å². The quantitative estimate of drug-likeness (QED) is 0.754. The summed E-state index contributed by atoms with van der Waals surface area (Å²) >= 11 is 0. The molecule has 126 valence electrons. The number of hydrogen-bond donors (Lipinski definition) is 3. The fourth-order valence-electron chi connectivity index (χ4n) is 2.94. The highest BCUT2D eigenvalue weighted by atomic mass is 16.2. The van der Waals surface area contributed by atoms with E-state index in [1.54, 1.807) is 18.2 Å². The van der Waals surface area contributed by atoms with Crippen molar-refractivity contribution in [1.82, 2.24) is 5.32 Å². The number of para-hydroxylation sites is 1. The highest BCUT2D eigenvalue weighted by molar-refractivity contribution is 6.03. The Balaban J connectivity index is 1.99. The number of carbonyl (C=O) groups excluding carboxylic acids is 2. The van der Waals surface area contributed by atoms with E-state index in [0.29, 0.717) is 30.1 Å². The highest BCUT2D eigenvalue weighted by Gasteiger charge is 2.26. The van der Waals surface area contributed by atoms with Gasteiger partial charge in [-0.3, -0.25) is 9.59 Å². The van der Waals surface area contributed by atoms with Crippen LogP contribution < -0.4 is 16.4 Å². The number of hydrogen-bond acceptors (Lipinski definition) is 3. The summed E-state index contributed by atoms with van der Waals surface area (Å²) < 4.78 is 0. The lowest BCUT2D eigenvalue weighted by Gasteiger charge is -2.16. The van der Waals surface area contributed by atoms with Crippen LogP contribution in [0, 0.1) is 11.8 Å². The highest BCUT2D eigenvalue weighted by Crippen LogP contribution is 2.27. The smallest absolute Gasteiger partial charge is 0.253 e. The van der Waals surface area contributed by atoms with Crippen molar-refractivity contribution in [3.63, 3.8) is 0 Å². The van der Waals surface area contributed by atoms with Gasteiger partial charge in [0.15, 0.2) is 0 Å². The first-order valence-corrected chi connectivity index (χ1v) is 8.40. The summed E-state index contributed by atoms with van der Waals surface area (Å²) in [5, 5.41) is 5.75. The molecule has 2 atom stereocenters. The Morgan fingerprint density at radius 3 is 2.65 bits per heavy atom. The minimum absolute atomic E-state index is 0.0727. The molecule has 1 aliphatic rings. The van der Waals surface area contributed by atoms with Gasteiger partial charge in [-0.25, -0.2) is 0 Å². The minimum Gasteiger partial charge on any atom is -0.352 e. The van der Waals surface area contributed by atoms with Crippen molar-refractivity contribution < 1.29 is 9.59 Å². The fraction of sp³-hybridized carbons (Fsp3) is 0.556. The molecule has 1 aromatic carbocycles. The molecule has 4 N–H and O–H groups in total. The first kappa shape index (κ1) is 17.5. The maximum absolute atomic E-state index is 12.3. The lowest BCUT2D eigenvalue weighted by Crippen LogP contribution is -2.30. The second kappa shape index (κ2) is 8.11. The molecule has 0 spiro atoms. The summed E-state index contributed by atoms with van der Waals surface area (Å²) in [6.07, 6.45) is 3.51. The third-order valence-corrected chi connectivity index (χ3v) is 4.28. The zero-order chi connectivity index (χ0) is 16.8. The van der Waals surface area contributed by atoms with Crippen molar-refractivity contribution in [3.05, 3.63) is 29.8 Å². The second-order valence-corrected chi connectivity index (χ2v) is 6.76. The van der Waals surface area contributed by atoms with Crippen LogP contribution in [0.25, 0.3) is 0 Å². The average molecular weight is 317 g/mol. The van der Waals surface area contributed by atoms with E-state index >= 15 is 0 Å². The Bertz CT molecular complexity index is 557. The van der Waals surface area contributed by atoms with Gasteiger partial charge >= 0.3 is 0 Å². The van der Waals surface area contributed by atoms with E-state index in [1.807, 2.05) is 19.9 Å². The molecule has 0 heterocycles. The Hall–Kier alpha value is -1.88. The number of nitrogens with two attached hydrogens (primary N) is 1. The minimum atomic E-state index is -0.160. The van der Waals surface area contributed by atoms with E-state index in [-0.39, 0.29) is 23.8 Å². The molecule has 5 nitrogen and oxygen atoms in total. The van der Waals surface area contributed by atoms with E-state index in [9.17, 15) is 9.59 Å². The molecule has 1 aromatic rings. The van der Waals surface area contributed by atoms with Crippen LogP contribution >= 0.6 is 0 Å². The number of nitrogens with one attached hydrogen (secondary N) is 2. The number of carbonyl (C=O) groups is 2. The van der Waals surface area contributed by atoms with E-state index in [0.717, 1.165) is 19.3 Å². The topological polar surface area (TPSA) is 84.2 Å². The van der Waals surface area contributed by atoms with Gasteiger partial charge in [-0.1, -0.05) is 32.4 Å². The molecule has 2 rings (SSSR count). The van der Waals surface area contributed by atoms with Crippen LogP contribution in [0.1, 0.15) is 49.9 Å². The van der Waals surface area contributed by atoms with Crippen LogP contribution in [0.4, 0.5) is 5.69 Å². The van der Waals surface area contributed by atoms with Crippen LogP contribution in [-0.4, -0.2) is 24.4 Å². The third-order valence-electron chi connectivity index (χ3n) is 4.28. The summed E-state index contributed by atoms with van der Waals surface area (Å²) in [5.74, 6) is 0.394. The van der Waals surface area contributed by atoms with Gasteiger partial charge in [0.05, 0.1) is 11.3 Å². The molecule has 0 saturated heterocycles. The van der Waals surface area contributed by atoms with Gasteiger partial charge < -0.3 is 16.4 Å². The Morgan fingerprint density at radius 1 is 1.26 bits per heavy atom. The molecule has 1 aliphatic carbocycles. The van der Waals surface area contributed by atoms with E-state index in [1.165, 1.54) is 0 Å². The zero-order valence-electron chi connectivity index (χ0n) is 14.0. The molecular weight excluding hydrogens is 290 g/mol. The van der Waals surface area contributed by atoms with Crippen molar-refractivity contribution in [2.24, 2.45) is 17.6 Å². The number of anilines is 1. The number of rotatable bonds is 6. The van der Waals surface area contributed by atoms with Crippen molar-refractivity contribution in [2.75, 3.05) is 11.9 Å². The zero-order valence-corrected chi connectivity index (χ0v) is 14.0. The molecule has 0 radical (unpaired) electrons. The van der Waals surface area contributed by atoms with Gasteiger partial charge in [-0.15, -0.1) is 0 Å². The van der Waals surface area contributed by atoms with E-state index in [4.69, 9.17) is 5.73 Å². The Kier molecular flexibility index (Phi) is 6.16. The maximum atomic E-state index is 12.3. The predicted octanol–water partition coefficient (Wildman–Crippen LogP) is 2.53. The van der Waals surface area contributed by atoms with Gasteiger partial charge in [-0.2, -0.15) is 0 Å². The molecular formula is C18H27N3O2. The monoisotopic (exact) mass is 317 g/mol. The SMILES string of the molecule is CC(C)CNC(=O)c1ccccc1NC(=O)C[C@@H]1CCC[C@H]1N. The van der Waals surface area contributed by atoms with Crippen LogP contribution in [0.5, 0.6) is 0 Å². The van der Waals surface area contributed by atoms with Crippen LogP contribution in [0.3, 0.4) is 0 Å². The number of benzene rings is 1. The third kappa shape index (κ3) is 5.06. The predicted molar refractivity (Wildman–Crippen MR) is 92.2 cm³/mol. The lowest BCUT2D eigenvalue weighted by atomic mass is 9.99. The van der Waals surface area contributed by atoms with Crippen molar-refractivity contribution in [3.8, 4) is 0 Å². The summed E-state index contributed by atoms with van der Waals surface area (Å²) in [5.41, 5.74) is 7.08. The summed E-state index contributed by atoms with van der Waals surface area (Å²) in [7, 11) is 0. The fourth-order valence-corrected chi connectivity index (χ4v) is 2.94. The Morgan fingerprint density at radius 2 is 2.00 bits per heavy atom. The van der Waals surface area contributed by atoms with Crippen molar-refractivity contribution in [1.29, 1.82) is 0 Å². The first-order valence-electron chi connectivity index (χ1n) is 8.40. The Labute approximate surface area is 138 Å². The van der Waals surface area contributed by atoms with Crippen LogP contribution in [-0.2, 0) is 4.79 Å². The van der Waals surface area contributed by atoms with Gasteiger partial charge in [-0.05, 0) is 36.8 Å². The average Bonchev–Trinajstić information content (AvgIpc) is 2.90. The van der Waals surface area contributed by atoms with Gasteiger partial charge in [0.2, 0.25) is 5.91 Å². The van der Waals surface area contributed by atoms with E-state index in [2.05, 4.69) is 10.6 Å². The molecule has 5 heteroatoms. The second-order valence-electron chi connectivity index (χ2n) is 6.76. The lowest BCUT2D eigenvalue weighted by molar-refractivity contribution is -0.117. The van der Waals surface area contributed by atoms with Gasteiger partial charge in [0.1, 0.15) is 0 Å². The first-order chi connectivity index (χ1) is 11.0. The molecule has 1 fully saturated rings.